The van der Waals surface area contributed by atoms with Crippen LogP contribution in [0.1, 0.15) is 50.5 Å². The Bertz CT molecular complexity index is 807. The quantitative estimate of drug-likeness (QED) is 0.847. The summed E-state index contributed by atoms with van der Waals surface area (Å²) in [5.74, 6) is 3.37. The maximum atomic E-state index is 5.53. The van der Waals surface area contributed by atoms with Crippen LogP contribution in [0, 0.1) is 0 Å². The first-order valence-electron chi connectivity index (χ1n) is 8.78. The van der Waals surface area contributed by atoms with E-state index in [1.165, 1.54) is 0 Å². The predicted octanol–water partition coefficient (Wildman–Crippen LogP) is 3.31. The molecule has 0 radical (unpaired) electrons. The second kappa shape index (κ2) is 6.58. The first-order chi connectivity index (χ1) is 12.3. The highest BCUT2D eigenvalue weighted by molar-refractivity contribution is 6.03. The highest BCUT2D eigenvalue weighted by Gasteiger charge is 2.37. The van der Waals surface area contributed by atoms with Crippen LogP contribution >= 0.6 is 0 Å². The third kappa shape index (κ3) is 2.86. The van der Waals surface area contributed by atoms with Crippen molar-refractivity contribution in [1.82, 2.24) is 20.4 Å². The molecule has 0 fully saturated rings. The van der Waals surface area contributed by atoms with Gasteiger partial charge >= 0.3 is 0 Å². The van der Waals surface area contributed by atoms with Crippen molar-refractivity contribution in [3.05, 3.63) is 41.9 Å². The monoisotopic (exact) mass is 338 g/mol. The van der Waals surface area contributed by atoms with Gasteiger partial charge in [0.2, 0.25) is 0 Å². The maximum absolute atomic E-state index is 5.53. The Hall–Kier alpha value is -2.83. The molecule has 1 unspecified atom stereocenters. The number of hydrogen-bond donors (Lipinski definition) is 2. The van der Waals surface area contributed by atoms with Gasteiger partial charge in [-0.2, -0.15) is 0 Å². The molecule has 0 spiro atoms. The molecule has 3 heterocycles. The fourth-order valence-electron chi connectivity index (χ4n) is 3.06. The molecule has 1 atom stereocenters. The molecule has 0 saturated carbocycles. The Morgan fingerprint density at radius 2 is 2.04 bits per heavy atom. The molecule has 0 bridgehead atoms. The minimum atomic E-state index is -0.150. The predicted molar refractivity (Wildman–Crippen MR) is 97.1 cm³/mol. The number of nitrogens with zero attached hydrogens (tertiary/aromatic N) is 4. The van der Waals surface area contributed by atoms with Crippen molar-refractivity contribution in [2.45, 2.75) is 39.3 Å². The van der Waals surface area contributed by atoms with Gasteiger partial charge in [0.1, 0.15) is 17.3 Å². The molecule has 0 saturated heterocycles. The van der Waals surface area contributed by atoms with Gasteiger partial charge in [0.15, 0.2) is 17.8 Å². The fraction of sp³-hybridized carbons (Fsp3) is 0.389. The lowest BCUT2D eigenvalue weighted by atomic mass is 10.1. The van der Waals surface area contributed by atoms with Gasteiger partial charge in [-0.3, -0.25) is 5.43 Å². The number of aromatic amines is 1. The number of hydrazine groups is 1. The molecular weight excluding hydrogens is 316 g/mol. The van der Waals surface area contributed by atoms with Crippen LogP contribution in [0.2, 0.25) is 0 Å². The summed E-state index contributed by atoms with van der Waals surface area (Å²) in [5.41, 5.74) is 5.35. The summed E-state index contributed by atoms with van der Waals surface area (Å²) >= 11 is 0. The van der Waals surface area contributed by atoms with Gasteiger partial charge in [0, 0.05) is 12.0 Å². The molecule has 2 aliphatic heterocycles. The molecule has 1 aromatic heterocycles. The second-order valence-corrected chi connectivity index (χ2v) is 6.07. The molecule has 0 amide bonds. The van der Waals surface area contributed by atoms with Crippen LogP contribution in [-0.4, -0.2) is 33.3 Å². The van der Waals surface area contributed by atoms with Crippen molar-refractivity contribution in [2.75, 3.05) is 6.61 Å². The Morgan fingerprint density at radius 3 is 2.80 bits per heavy atom. The first kappa shape index (κ1) is 15.7. The van der Waals surface area contributed by atoms with E-state index >= 15 is 0 Å². The molecule has 2 N–H and O–H groups in total. The van der Waals surface area contributed by atoms with Crippen LogP contribution in [0.15, 0.2) is 40.6 Å². The summed E-state index contributed by atoms with van der Waals surface area (Å²) < 4.78 is 5.53. The highest BCUT2D eigenvalue weighted by atomic mass is 16.5. The summed E-state index contributed by atoms with van der Waals surface area (Å²) in [6, 6.07) is 7.96. The fourth-order valence-corrected chi connectivity index (χ4v) is 3.06. The lowest BCUT2D eigenvalue weighted by molar-refractivity contribution is 0.310. The number of amidine groups is 2. The van der Waals surface area contributed by atoms with Gasteiger partial charge < -0.3 is 9.72 Å². The highest BCUT2D eigenvalue weighted by Crippen LogP contribution is 2.36. The van der Waals surface area contributed by atoms with E-state index in [1.54, 1.807) is 6.33 Å². The van der Waals surface area contributed by atoms with E-state index in [9.17, 15) is 0 Å². The first-order valence-corrected chi connectivity index (χ1v) is 8.78. The Kier molecular flexibility index (Phi) is 4.13. The van der Waals surface area contributed by atoms with E-state index in [0.717, 1.165) is 47.9 Å². The molecule has 0 aliphatic carbocycles. The van der Waals surface area contributed by atoms with Gasteiger partial charge in [-0.05, 0) is 37.6 Å². The van der Waals surface area contributed by atoms with Crippen LogP contribution in [0.5, 0.6) is 5.75 Å². The number of fused-ring (bicyclic) bond motifs is 3. The van der Waals surface area contributed by atoms with E-state index in [1.807, 2.05) is 36.2 Å². The average molecular weight is 338 g/mol. The summed E-state index contributed by atoms with van der Waals surface area (Å²) in [6.45, 7) is 4.82. The molecule has 2 aliphatic rings. The zero-order chi connectivity index (χ0) is 17.2. The van der Waals surface area contributed by atoms with Crippen molar-refractivity contribution in [3.8, 4) is 5.75 Å². The average Bonchev–Trinajstić information content (AvgIpc) is 3.26. The van der Waals surface area contributed by atoms with E-state index < -0.39 is 0 Å². The molecule has 4 rings (SSSR count). The van der Waals surface area contributed by atoms with Crippen LogP contribution in [-0.2, 0) is 0 Å². The van der Waals surface area contributed by atoms with Gasteiger partial charge in [-0.1, -0.05) is 13.3 Å². The van der Waals surface area contributed by atoms with E-state index in [-0.39, 0.29) is 6.17 Å². The number of benzene rings is 1. The number of imidazole rings is 1. The lowest BCUT2D eigenvalue weighted by Gasteiger charge is -2.29. The maximum Gasteiger partial charge on any atom is 0.187 e. The number of nitrogens with one attached hydrogen (secondary N) is 2. The van der Waals surface area contributed by atoms with E-state index in [0.29, 0.717) is 12.4 Å². The zero-order valence-electron chi connectivity index (χ0n) is 14.5. The largest absolute Gasteiger partial charge is 0.494 e. The molecule has 2 aromatic rings. The number of hydrogen-bond acceptors (Lipinski definition) is 6. The minimum Gasteiger partial charge on any atom is -0.494 e. The summed E-state index contributed by atoms with van der Waals surface area (Å²) in [5, 5.41) is 2.02. The third-order valence-electron chi connectivity index (χ3n) is 4.31. The second-order valence-electron chi connectivity index (χ2n) is 6.07. The van der Waals surface area contributed by atoms with E-state index in [4.69, 9.17) is 14.7 Å². The topological polar surface area (TPSA) is 77.9 Å². The molecule has 1 aromatic carbocycles. The number of H-pyrrole nitrogens is 1. The van der Waals surface area contributed by atoms with Gasteiger partial charge in [-0.15, -0.1) is 0 Å². The normalized spacial score (nSPS) is 18.2. The smallest absolute Gasteiger partial charge is 0.187 e. The standard InChI is InChI=1S/C18H22N6O/c1-3-5-6-14-21-18-15-16(20-11-19-15)22-17(24(18)23-14)12-7-9-13(10-8-12)25-4-2/h7-11,18H,3-6H2,1-2H3,(H,19,20)(H,21,23). The third-order valence-corrected chi connectivity index (χ3v) is 4.31. The van der Waals surface area contributed by atoms with Crippen molar-refractivity contribution in [3.63, 3.8) is 0 Å². The minimum absolute atomic E-state index is 0.150. The Morgan fingerprint density at radius 1 is 1.20 bits per heavy atom. The van der Waals surface area contributed by atoms with Gasteiger partial charge in [-0.25, -0.2) is 20.0 Å². The zero-order valence-corrected chi connectivity index (χ0v) is 14.5. The van der Waals surface area contributed by atoms with Crippen molar-refractivity contribution in [2.24, 2.45) is 9.98 Å². The lowest BCUT2D eigenvalue weighted by Crippen LogP contribution is -2.44. The Labute approximate surface area is 146 Å². The number of unbranched alkanes of at least 4 members (excludes halogenated alkanes) is 1. The summed E-state index contributed by atoms with van der Waals surface area (Å²) in [7, 11) is 0. The summed E-state index contributed by atoms with van der Waals surface area (Å²) in [6.07, 6.45) is 4.71. The molecule has 7 nitrogen and oxygen atoms in total. The van der Waals surface area contributed by atoms with Crippen molar-refractivity contribution >= 4 is 17.5 Å². The van der Waals surface area contributed by atoms with Gasteiger partial charge in [0.25, 0.3) is 0 Å². The number of aromatic nitrogens is 2. The van der Waals surface area contributed by atoms with Crippen LogP contribution in [0.3, 0.4) is 0 Å². The van der Waals surface area contributed by atoms with Crippen molar-refractivity contribution in [1.29, 1.82) is 0 Å². The van der Waals surface area contributed by atoms with Crippen LogP contribution < -0.4 is 10.2 Å². The summed E-state index contributed by atoms with van der Waals surface area (Å²) in [4.78, 5) is 17.1. The molecule has 7 heteroatoms. The Balaban J connectivity index is 1.67. The van der Waals surface area contributed by atoms with Crippen molar-refractivity contribution < 1.29 is 4.74 Å². The molecule has 130 valence electrons. The molecular formula is C18H22N6O. The molecule has 25 heavy (non-hydrogen) atoms. The number of ether oxygens (including phenoxy) is 1. The van der Waals surface area contributed by atoms with E-state index in [2.05, 4.69) is 22.3 Å². The SMILES string of the molecule is CCCCC1=NC2c3[nH]cnc3N=C(c3ccc(OCC)cc3)N2N1. The van der Waals surface area contributed by atoms with Gasteiger partial charge in [0.05, 0.1) is 12.9 Å². The number of aliphatic imine (C=N–C) groups is 2. The van der Waals surface area contributed by atoms with Crippen LogP contribution in [0.25, 0.3) is 0 Å². The number of rotatable bonds is 6. The van der Waals surface area contributed by atoms with Crippen LogP contribution in [0.4, 0.5) is 5.82 Å².